The molecule has 0 aliphatic carbocycles. The predicted octanol–water partition coefficient (Wildman–Crippen LogP) is 20.0. The van der Waals surface area contributed by atoms with Gasteiger partial charge in [-0.2, -0.15) is 0 Å². The Morgan fingerprint density at radius 2 is 0.583 bits per heavy atom. The van der Waals surface area contributed by atoms with Crippen LogP contribution in [0.1, 0.15) is 213 Å². The summed E-state index contributed by atoms with van der Waals surface area (Å²) < 4.78 is 17.4. The summed E-state index contributed by atoms with van der Waals surface area (Å²) >= 11 is 0. The Balaban J connectivity index is 4.49. The van der Waals surface area contributed by atoms with Crippen molar-refractivity contribution in [2.45, 2.75) is 219 Å². The first-order chi connectivity index (χ1) is 35.6. The third-order valence-electron chi connectivity index (χ3n) is 11.2. The van der Waals surface area contributed by atoms with E-state index in [-0.39, 0.29) is 25.2 Å². The summed E-state index contributed by atoms with van der Waals surface area (Å²) in [4.78, 5) is 25.5. The van der Waals surface area contributed by atoms with Gasteiger partial charge in [-0.3, -0.25) is 9.59 Å². The van der Waals surface area contributed by atoms with Crippen LogP contribution >= 0.6 is 0 Å². The number of unbranched alkanes of at least 4 members (excludes halogenated alkanes) is 11. The lowest BCUT2D eigenvalue weighted by Crippen LogP contribution is -2.30. The van der Waals surface area contributed by atoms with Gasteiger partial charge in [0.2, 0.25) is 0 Å². The summed E-state index contributed by atoms with van der Waals surface area (Å²) in [6, 6.07) is 0. The van der Waals surface area contributed by atoms with Gasteiger partial charge in [0.15, 0.2) is 6.10 Å². The number of hydrogen-bond acceptors (Lipinski definition) is 5. The first kappa shape index (κ1) is 67.3. The first-order valence-corrected chi connectivity index (χ1v) is 28.7. The van der Waals surface area contributed by atoms with Gasteiger partial charge in [0, 0.05) is 19.4 Å². The normalized spacial score (nSPS) is 13.5. The third kappa shape index (κ3) is 57.8. The molecule has 0 fully saturated rings. The maximum Gasteiger partial charge on any atom is 0.306 e. The molecule has 0 bridgehead atoms. The molecule has 0 spiro atoms. The number of hydrogen-bond donors (Lipinski definition) is 0. The van der Waals surface area contributed by atoms with Gasteiger partial charge in [-0.1, -0.05) is 223 Å². The van der Waals surface area contributed by atoms with Crippen molar-refractivity contribution in [1.82, 2.24) is 0 Å². The Hall–Kier alpha value is -4.74. The maximum atomic E-state index is 12.9. The largest absolute Gasteiger partial charge is 0.462 e. The van der Waals surface area contributed by atoms with Crippen molar-refractivity contribution in [2.75, 3.05) is 19.8 Å². The number of ether oxygens (including phenoxy) is 3. The average molecular weight is 990 g/mol. The SMILES string of the molecule is CC/C=C\C/C=C\C/C=C\C/C=C\C/C=C\CCCCCCOCC(COC(=O)CCCCC/C=C\C/C=C\C/C=C\C/C=C\C/C=C\CC)OC(=O)CCCCCC/C=C\C/C=C\C/C=C\C/C=C\CC. The molecule has 1 unspecified atom stereocenters. The number of carbonyl (C=O) groups excluding carboxylic acids is 2. The van der Waals surface area contributed by atoms with E-state index in [4.69, 9.17) is 14.2 Å². The standard InChI is InChI=1S/C67H104O5/c1-4-7-10-13-16-19-22-25-28-31-33-35-38-41-44-47-50-53-56-59-62-70-63-65(72-67(69)61-58-55-52-49-46-43-40-36-30-27-24-21-18-15-12-9-6-3)64-71-66(68)60-57-54-51-48-45-42-39-37-34-32-29-26-23-20-17-14-11-8-5-2/h7-12,16-21,25-30,33-35,37,40-45,65H,4-6,13-15,22-24,31-32,36,38-39,46-64H2,1-3H3/b10-7-,11-8-,12-9-,19-16-,20-17-,21-18-,28-25-,29-26-,30-27-,35-33-,37-34-,43-40-,44-41-,45-42-. The summed E-state index contributed by atoms with van der Waals surface area (Å²) in [7, 11) is 0. The Morgan fingerprint density at radius 1 is 0.306 bits per heavy atom. The molecule has 1 atom stereocenters. The molecule has 402 valence electrons. The van der Waals surface area contributed by atoms with Crippen molar-refractivity contribution in [2.24, 2.45) is 0 Å². The molecule has 0 heterocycles. The van der Waals surface area contributed by atoms with E-state index in [1.807, 2.05) is 0 Å². The van der Waals surface area contributed by atoms with E-state index in [1.54, 1.807) is 0 Å². The van der Waals surface area contributed by atoms with E-state index < -0.39 is 6.10 Å². The van der Waals surface area contributed by atoms with Gasteiger partial charge < -0.3 is 14.2 Å². The molecule has 0 saturated heterocycles. The fourth-order valence-corrected chi connectivity index (χ4v) is 7.08. The van der Waals surface area contributed by atoms with Gasteiger partial charge in [-0.15, -0.1) is 0 Å². The minimum atomic E-state index is -0.592. The van der Waals surface area contributed by atoms with Crippen molar-refractivity contribution in [3.05, 3.63) is 170 Å². The van der Waals surface area contributed by atoms with Crippen LogP contribution in [0.15, 0.2) is 170 Å². The maximum absolute atomic E-state index is 12.9. The van der Waals surface area contributed by atoms with Crippen molar-refractivity contribution in [3.8, 4) is 0 Å². The van der Waals surface area contributed by atoms with E-state index in [2.05, 4.69) is 191 Å². The van der Waals surface area contributed by atoms with E-state index in [1.165, 1.54) is 0 Å². The predicted molar refractivity (Wildman–Crippen MR) is 315 cm³/mol. The van der Waals surface area contributed by atoms with Gasteiger partial charge in [0.05, 0.1) is 6.61 Å². The molecule has 0 rings (SSSR count). The van der Waals surface area contributed by atoms with Crippen LogP contribution < -0.4 is 0 Å². The Bertz CT molecular complexity index is 1640. The molecular formula is C67H104O5. The lowest BCUT2D eigenvalue weighted by molar-refractivity contribution is -0.163. The highest BCUT2D eigenvalue weighted by molar-refractivity contribution is 5.70. The molecule has 0 saturated carbocycles. The molecule has 72 heavy (non-hydrogen) atoms. The van der Waals surface area contributed by atoms with Gasteiger partial charge in [-0.05, 0) is 148 Å². The summed E-state index contributed by atoms with van der Waals surface area (Å²) in [5.41, 5.74) is 0. The van der Waals surface area contributed by atoms with Gasteiger partial charge in [0.1, 0.15) is 6.61 Å². The molecule has 0 N–H and O–H groups in total. The average Bonchev–Trinajstić information content (AvgIpc) is 3.38. The lowest BCUT2D eigenvalue weighted by Gasteiger charge is -2.18. The van der Waals surface area contributed by atoms with Crippen LogP contribution in [0.4, 0.5) is 0 Å². The third-order valence-corrected chi connectivity index (χ3v) is 11.2. The molecule has 0 aromatic carbocycles. The fraction of sp³-hybridized carbons (Fsp3) is 0.552. The van der Waals surface area contributed by atoms with Crippen LogP contribution in [-0.2, 0) is 23.8 Å². The quantitative estimate of drug-likeness (QED) is 0.0345. The molecule has 5 heteroatoms. The minimum absolute atomic E-state index is 0.0344. The Labute approximate surface area is 443 Å². The summed E-state index contributed by atoms with van der Waals surface area (Å²) in [5.74, 6) is -0.490. The Kier molecular flexibility index (Phi) is 56.6. The Morgan fingerprint density at radius 3 is 0.931 bits per heavy atom. The van der Waals surface area contributed by atoms with E-state index >= 15 is 0 Å². The monoisotopic (exact) mass is 989 g/mol. The van der Waals surface area contributed by atoms with Gasteiger partial charge in [-0.25, -0.2) is 0 Å². The van der Waals surface area contributed by atoms with E-state index in [9.17, 15) is 9.59 Å². The molecule has 0 aromatic rings. The molecule has 0 aromatic heterocycles. The molecule has 0 aliphatic rings. The summed E-state index contributed by atoms with van der Waals surface area (Å²) in [6.45, 7) is 7.34. The zero-order valence-corrected chi connectivity index (χ0v) is 46.1. The van der Waals surface area contributed by atoms with Crippen molar-refractivity contribution in [3.63, 3.8) is 0 Å². The smallest absolute Gasteiger partial charge is 0.306 e. The highest BCUT2D eigenvalue weighted by Crippen LogP contribution is 2.11. The highest BCUT2D eigenvalue weighted by atomic mass is 16.6. The molecule has 5 nitrogen and oxygen atoms in total. The van der Waals surface area contributed by atoms with Crippen molar-refractivity contribution < 1.29 is 23.8 Å². The molecule has 0 radical (unpaired) electrons. The second-order valence-electron chi connectivity index (χ2n) is 18.0. The first-order valence-electron chi connectivity index (χ1n) is 28.7. The van der Waals surface area contributed by atoms with Crippen LogP contribution in [-0.4, -0.2) is 37.9 Å². The highest BCUT2D eigenvalue weighted by Gasteiger charge is 2.17. The lowest BCUT2D eigenvalue weighted by atomic mass is 10.1. The van der Waals surface area contributed by atoms with Crippen LogP contribution in [0, 0.1) is 0 Å². The van der Waals surface area contributed by atoms with Gasteiger partial charge in [0.25, 0.3) is 0 Å². The zero-order valence-electron chi connectivity index (χ0n) is 46.1. The van der Waals surface area contributed by atoms with Crippen LogP contribution in [0.25, 0.3) is 0 Å². The molecule has 0 amide bonds. The zero-order chi connectivity index (χ0) is 52.0. The topological polar surface area (TPSA) is 61.8 Å². The number of esters is 2. The molecule has 0 aliphatic heterocycles. The van der Waals surface area contributed by atoms with Crippen LogP contribution in [0.3, 0.4) is 0 Å². The van der Waals surface area contributed by atoms with Crippen LogP contribution in [0.5, 0.6) is 0 Å². The van der Waals surface area contributed by atoms with Crippen molar-refractivity contribution in [1.29, 1.82) is 0 Å². The van der Waals surface area contributed by atoms with E-state index in [0.29, 0.717) is 19.4 Å². The summed E-state index contributed by atoms with van der Waals surface area (Å²) in [6.07, 6.45) is 90.9. The van der Waals surface area contributed by atoms with Gasteiger partial charge >= 0.3 is 11.9 Å². The minimum Gasteiger partial charge on any atom is -0.462 e. The second-order valence-corrected chi connectivity index (χ2v) is 18.0. The summed E-state index contributed by atoms with van der Waals surface area (Å²) in [5, 5.41) is 0. The second kappa shape index (κ2) is 60.6. The molecular weight excluding hydrogens is 885 g/mol. The number of allylic oxidation sites excluding steroid dienone is 28. The van der Waals surface area contributed by atoms with Crippen molar-refractivity contribution >= 4 is 11.9 Å². The number of rotatable bonds is 50. The van der Waals surface area contributed by atoms with E-state index in [0.717, 1.165) is 180 Å². The fourth-order valence-electron chi connectivity index (χ4n) is 7.08. The van der Waals surface area contributed by atoms with Crippen LogP contribution in [0.2, 0.25) is 0 Å². The number of carbonyl (C=O) groups is 2.